The van der Waals surface area contributed by atoms with Crippen molar-refractivity contribution in [1.82, 2.24) is 0 Å². The molecule has 74 valence electrons. The maximum Gasteiger partial charge on any atom is 0.411 e. The second kappa shape index (κ2) is 5.80. The van der Waals surface area contributed by atoms with Crippen LogP contribution in [0.5, 0.6) is 0 Å². The van der Waals surface area contributed by atoms with Gasteiger partial charge in [-0.25, -0.2) is 4.79 Å². The van der Waals surface area contributed by atoms with Gasteiger partial charge in [-0.3, -0.25) is 5.32 Å². The third-order valence-electron chi connectivity index (χ3n) is 1.58. The minimum Gasteiger partial charge on any atom is -0.449 e. The number of carbonyl (C=O) groups excluding carboxylic acids is 1. The summed E-state index contributed by atoms with van der Waals surface area (Å²) in [5.41, 5.74) is 0.733. The molecule has 1 amide bonds. The lowest BCUT2D eigenvalue weighted by molar-refractivity contribution is 0.164. The van der Waals surface area contributed by atoms with Crippen LogP contribution in [0.3, 0.4) is 0 Å². The van der Waals surface area contributed by atoms with E-state index in [-0.39, 0.29) is 0 Å². The lowest BCUT2D eigenvalue weighted by Gasteiger charge is -2.04. The zero-order valence-corrected chi connectivity index (χ0v) is 7.90. The van der Waals surface area contributed by atoms with Crippen molar-refractivity contribution in [2.24, 2.45) is 0 Å². The van der Waals surface area contributed by atoms with E-state index in [4.69, 9.17) is 4.74 Å². The molecule has 3 nitrogen and oxygen atoms in total. The Labute approximate surface area is 83.4 Å². The van der Waals surface area contributed by atoms with Crippen LogP contribution < -0.4 is 5.32 Å². The Balaban J connectivity index is 2.31. The molecule has 0 unspecified atom stereocenters. The van der Waals surface area contributed by atoms with Gasteiger partial charge >= 0.3 is 6.09 Å². The van der Waals surface area contributed by atoms with Gasteiger partial charge in [0.25, 0.3) is 0 Å². The zero-order chi connectivity index (χ0) is 10.2. The first-order valence-corrected chi connectivity index (χ1v) is 4.42. The summed E-state index contributed by atoms with van der Waals surface area (Å²) in [7, 11) is 0. The molecule has 0 atom stereocenters. The lowest BCUT2D eigenvalue weighted by Crippen LogP contribution is -2.13. The largest absolute Gasteiger partial charge is 0.449 e. The van der Waals surface area contributed by atoms with Crippen LogP contribution >= 0.6 is 0 Å². The summed E-state index contributed by atoms with van der Waals surface area (Å²) in [6, 6.07) is 9.18. The van der Waals surface area contributed by atoms with Crippen LogP contribution in [0.4, 0.5) is 10.5 Å². The van der Waals surface area contributed by atoms with Gasteiger partial charge < -0.3 is 4.74 Å². The van der Waals surface area contributed by atoms with Gasteiger partial charge in [-0.2, -0.15) is 0 Å². The van der Waals surface area contributed by atoms with E-state index in [1.54, 1.807) is 18.2 Å². The number of carbonyl (C=O) groups is 1. The molecular weight excluding hydrogens is 178 g/mol. The molecule has 1 aromatic carbocycles. The number of amides is 1. The highest BCUT2D eigenvalue weighted by molar-refractivity contribution is 5.84. The molecule has 0 fully saturated rings. The Hall–Kier alpha value is -1.77. The normalized spacial score (nSPS) is 9.14. The van der Waals surface area contributed by atoms with Crippen LogP contribution in [0.25, 0.3) is 0 Å². The molecule has 1 aromatic rings. The standard InChI is InChI=1S/C11H13NO2/c1-2-3-9-14-11(13)12-10-7-5-4-6-8-10/h2,4-8H,1,3,9H2,(H,12,13). The average molecular weight is 191 g/mol. The molecule has 0 aliphatic carbocycles. The van der Waals surface area contributed by atoms with Crippen molar-refractivity contribution in [2.45, 2.75) is 6.42 Å². The van der Waals surface area contributed by atoms with E-state index < -0.39 is 6.09 Å². The summed E-state index contributed by atoms with van der Waals surface area (Å²) in [5, 5.41) is 2.61. The molecule has 14 heavy (non-hydrogen) atoms. The minimum absolute atomic E-state index is 0.363. The summed E-state index contributed by atoms with van der Waals surface area (Å²) in [4.78, 5) is 11.1. The molecule has 0 aliphatic rings. The highest BCUT2D eigenvalue weighted by atomic mass is 16.5. The highest BCUT2D eigenvalue weighted by Gasteiger charge is 2.00. The quantitative estimate of drug-likeness (QED) is 0.587. The number of para-hydroxylation sites is 1. The minimum atomic E-state index is -0.432. The molecular formula is C11H13NO2. The van der Waals surface area contributed by atoms with Crippen LogP contribution in [-0.2, 0) is 4.74 Å². The molecule has 0 saturated carbocycles. The number of anilines is 1. The Morgan fingerprint density at radius 2 is 2.14 bits per heavy atom. The van der Waals surface area contributed by atoms with Gasteiger partial charge in [0.1, 0.15) is 0 Å². The Bertz CT molecular complexity index is 295. The highest BCUT2D eigenvalue weighted by Crippen LogP contribution is 2.05. The molecule has 0 aliphatic heterocycles. The first-order valence-electron chi connectivity index (χ1n) is 4.42. The van der Waals surface area contributed by atoms with E-state index in [9.17, 15) is 4.79 Å². The Morgan fingerprint density at radius 3 is 2.79 bits per heavy atom. The molecule has 0 saturated heterocycles. The SMILES string of the molecule is C=CCCOC(=O)Nc1ccccc1. The number of hydrogen-bond donors (Lipinski definition) is 1. The first kappa shape index (κ1) is 10.3. The number of ether oxygens (including phenoxy) is 1. The van der Waals surface area contributed by atoms with Crippen molar-refractivity contribution < 1.29 is 9.53 Å². The fourth-order valence-corrected chi connectivity index (χ4v) is 0.910. The van der Waals surface area contributed by atoms with Crippen LogP contribution in [0.15, 0.2) is 43.0 Å². The summed E-state index contributed by atoms with van der Waals surface area (Å²) in [5.74, 6) is 0. The van der Waals surface area contributed by atoms with E-state index in [0.717, 1.165) is 5.69 Å². The van der Waals surface area contributed by atoms with Gasteiger partial charge in [0, 0.05) is 5.69 Å². The van der Waals surface area contributed by atoms with Crippen molar-refractivity contribution in [2.75, 3.05) is 11.9 Å². The van der Waals surface area contributed by atoms with Gasteiger partial charge in [-0.15, -0.1) is 6.58 Å². The van der Waals surface area contributed by atoms with E-state index in [2.05, 4.69) is 11.9 Å². The fraction of sp³-hybridized carbons (Fsp3) is 0.182. The molecule has 0 spiro atoms. The predicted molar refractivity (Wildman–Crippen MR) is 56.2 cm³/mol. The van der Waals surface area contributed by atoms with Crippen molar-refractivity contribution in [3.05, 3.63) is 43.0 Å². The van der Waals surface area contributed by atoms with Gasteiger partial charge in [-0.05, 0) is 18.6 Å². The second-order valence-corrected chi connectivity index (χ2v) is 2.70. The zero-order valence-electron chi connectivity index (χ0n) is 7.90. The van der Waals surface area contributed by atoms with E-state index in [1.807, 2.05) is 18.2 Å². The number of nitrogens with one attached hydrogen (secondary N) is 1. The monoisotopic (exact) mass is 191 g/mol. The van der Waals surface area contributed by atoms with Crippen molar-refractivity contribution in [3.63, 3.8) is 0 Å². The van der Waals surface area contributed by atoms with Crippen LogP contribution in [0, 0.1) is 0 Å². The van der Waals surface area contributed by atoms with Gasteiger partial charge in [0.15, 0.2) is 0 Å². The maximum atomic E-state index is 11.1. The number of benzene rings is 1. The Morgan fingerprint density at radius 1 is 1.43 bits per heavy atom. The summed E-state index contributed by atoms with van der Waals surface area (Å²) in [6.45, 7) is 3.89. The molecule has 0 radical (unpaired) electrons. The van der Waals surface area contributed by atoms with Gasteiger partial charge in [0.05, 0.1) is 6.61 Å². The van der Waals surface area contributed by atoms with Gasteiger partial charge in [-0.1, -0.05) is 24.3 Å². The van der Waals surface area contributed by atoms with Crippen molar-refractivity contribution in [1.29, 1.82) is 0 Å². The number of rotatable bonds is 4. The van der Waals surface area contributed by atoms with E-state index >= 15 is 0 Å². The summed E-state index contributed by atoms with van der Waals surface area (Å²) < 4.78 is 4.87. The van der Waals surface area contributed by atoms with Crippen molar-refractivity contribution >= 4 is 11.8 Å². The molecule has 1 N–H and O–H groups in total. The second-order valence-electron chi connectivity index (χ2n) is 2.70. The van der Waals surface area contributed by atoms with Crippen molar-refractivity contribution in [3.8, 4) is 0 Å². The molecule has 0 bridgehead atoms. The van der Waals surface area contributed by atoms with E-state index in [1.165, 1.54) is 0 Å². The number of hydrogen-bond acceptors (Lipinski definition) is 2. The topological polar surface area (TPSA) is 38.3 Å². The van der Waals surface area contributed by atoms with Crippen LogP contribution in [0.1, 0.15) is 6.42 Å². The smallest absolute Gasteiger partial charge is 0.411 e. The average Bonchev–Trinajstić information content (AvgIpc) is 2.20. The van der Waals surface area contributed by atoms with Gasteiger partial charge in [0.2, 0.25) is 0 Å². The Kier molecular flexibility index (Phi) is 4.27. The molecule has 3 heteroatoms. The summed E-state index contributed by atoms with van der Waals surface area (Å²) >= 11 is 0. The molecule has 1 rings (SSSR count). The summed E-state index contributed by atoms with van der Waals surface area (Å²) in [6.07, 6.45) is 1.94. The van der Waals surface area contributed by atoms with E-state index in [0.29, 0.717) is 13.0 Å². The molecule has 0 aromatic heterocycles. The van der Waals surface area contributed by atoms with Crippen LogP contribution in [0.2, 0.25) is 0 Å². The maximum absolute atomic E-state index is 11.1. The predicted octanol–water partition coefficient (Wildman–Crippen LogP) is 2.81. The fourth-order valence-electron chi connectivity index (χ4n) is 0.910. The lowest BCUT2D eigenvalue weighted by atomic mass is 10.3. The molecule has 0 heterocycles. The third-order valence-corrected chi connectivity index (χ3v) is 1.58. The first-order chi connectivity index (χ1) is 6.83. The van der Waals surface area contributed by atoms with Crippen LogP contribution in [-0.4, -0.2) is 12.7 Å². The third kappa shape index (κ3) is 3.76.